The molecule has 2 N–H and O–H groups in total. The molecule has 2 aromatic carbocycles. The number of rotatable bonds is 11. The highest BCUT2D eigenvalue weighted by Gasteiger charge is 2.27. The molecule has 3 rings (SSSR count). The van der Waals surface area contributed by atoms with Gasteiger partial charge in [-0.25, -0.2) is 13.1 Å². The van der Waals surface area contributed by atoms with Crippen molar-refractivity contribution in [2.24, 2.45) is 11.8 Å². The van der Waals surface area contributed by atoms with Crippen LogP contribution in [0, 0.1) is 11.8 Å². The number of nitrogens with one attached hydrogen (secondary N) is 2. The number of amides is 1. The maximum atomic E-state index is 12.7. The SMILES string of the molecule is CC(C)N(CCNC(=O)C1CCC(CNS(=O)(=O)c2ccccc2)CC1)Cc1ccccc1. The van der Waals surface area contributed by atoms with Gasteiger partial charge in [-0.05, 0) is 63.1 Å². The number of carbonyl (C=O) groups is 1. The molecule has 33 heavy (non-hydrogen) atoms. The van der Waals surface area contributed by atoms with E-state index < -0.39 is 10.0 Å². The monoisotopic (exact) mass is 471 g/mol. The third-order valence-electron chi connectivity index (χ3n) is 6.49. The summed E-state index contributed by atoms with van der Waals surface area (Å²) in [5.41, 5.74) is 1.28. The molecule has 0 spiro atoms. The lowest BCUT2D eigenvalue weighted by molar-refractivity contribution is -0.126. The fourth-order valence-corrected chi connectivity index (χ4v) is 5.48. The van der Waals surface area contributed by atoms with Gasteiger partial charge in [-0.2, -0.15) is 0 Å². The van der Waals surface area contributed by atoms with Crippen LogP contribution in [-0.4, -0.2) is 44.9 Å². The van der Waals surface area contributed by atoms with Crippen molar-refractivity contribution in [3.63, 3.8) is 0 Å². The molecule has 0 atom stereocenters. The van der Waals surface area contributed by atoms with Crippen LogP contribution in [0.4, 0.5) is 0 Å². The zero-order valence-electron chi connectivity index (χ0n) is 19.7. The van der Waals surface area contributed by atoms with Crippen molar-refractivity contribution in [1.29, 1.82) is 0 Å². The maximum absolute atomic E-state index is 12.7. The van der Waals surface area contributed by atoms with Crippen LogP contribution in [-0.2, 0) is 21.4 Å². The summed E-state index contributed by atoms with van der Waals surface area (Å²) < 4.78 is 27.5. The Labute approximate surface area is 198 Å². The van der Waals surface area contributed by atoms with Crippen LogP contribution in [0.25, 0.3) is 0 Å². The van der Waals surface area contributed by atoms with Gasteiger partial charge < -0.3 is 5.32 Å². The van der Waals surface area contributed by atoms with Crippen LogP contribution < -0.4 is 10.0 Å². The van der Waals surface area contributed by atoms with Crippen LogP contribution >= 0.6 is 0 Å². The van der Waals surface area contributed by atoms with E-state index in [2.05, 4.69) is 53.1 Å². The van der Waals surface area contributed by atoms with Crippen molar-refractivity contribution in [2.45, 2.75) is 57.0 Å². The standard InChI is InChI=1S/C26H37N3O3S/c1-21(2)29(20-23-9-5-3-6-10-23)18-17-27-26(30)24-15-13-22(14-16-24)19-28-33(31,32)25-11-7-4-8-12-25/h3-12,21-22,24,28H,13-20H2,1-2H3,(H,27,30). The molecular formula is C26H37N3O3S. The van der Waals surface area contributed by atoms with E-state index in [1.54, 1.807) is 30.3 Å². The minimum Gasteiger partial charge on any atom is -0.355 e. The van der Waals surface area contributed by atoms with Crippen LogP contribution in [0.15, 0.2) is 65.6 Å². The van der Waals surface area contributed by atoms with Crippen molar-refractivity contribution >= 4 is 15.9 Å². The maximum Gasteiger partial charge on any atom is 0.240 e. The zero-order chi connectivity index (χ0) is 23.7. The molecule has 1 fully saturated rings. The number of sulfonamides is 1. The average molecular weight is 472 g/mol. The molecule has 0 aliphatic heterocycles. The third-order valence-corrected chi connectivity index (χ3v) is 7.93. The number of hydrogen-bond donors (Lipinski definition) is 2. The molecule has 1 aliphatic carbocycles. The van der Waals surface area contributed by atoms with Crippen molar-refractivity contribution in [2.75, 3.05) is 19.6 Å². The molecule has 0 saturated heterocycles. The van der Waals surface area contributed by atoms with Gasteiger partial charge in [-0.3, -0.25) is 9.69 Å². The normalized spacial score (nSPS) is 19.0. The van der Waals surface area contributed by atoms with E-state index in [1.165, 1.54) is 5.56 Å². The topological polar surface area (TPSA) is 78.5 Å². The van der Waals surface area contributed by atoms with Gasteiger partial charge in [0.1, 0.15) is 0 Å². The quantitative estimate of drug-likeness (QED) is 0.523. The highest BCUT2D eigenvalue weighted by atomic mass is 32.2. The summed E-state index contributed by atoms with van der Waals surface area (Å²) in [5, 5.41) is 3.12. The number of hydrogen-bond acceptors (Lipinski definition) is 4. The Morgan fingerprint density at radius 1 is 0.970 bits per heavy atom. The Morgan fingerprint density at radius 3 is 2.18 bits per heavy atom. The summed E-state index contributed by atoms with van der Waals surface area (Å²) in [4.78, 5) is 15.3. The van der Waals surface area contributed by atoms with Crippen LogP contribution in [0.3, 0.4) is 0 Å². The van der Waals surface area contributed by atoms with Gasteiger partial charge in [0, 0.05) is 38.1 Å². The van der Waals surface area contributed by atoms with Crippen LogP contribution in [0.2, 0.25) is 0 Å². The molecular weight excluding hydrogens is 434 g/mol. The minimum atomic E-state index is -3.47. The van der Waals surface area contributed by atoms with E-state index in [9.17, 15) is 13.2 Å². The molecule has 0 unspecified atom stereocenters. The lowest BCUT2D eigenvalue weighted by atomic mass is 9.81. The first-order valence-electron chi connectivity index (χ1n) is 12.0. The Kier molecular flexibility index (Phi) is 9.47. The summed E-state index contributed by atoms with van der Waals surface area (Å²) in [6.07, 6.45) is 3.34. The first-order valence-corrected chi connectivity index (χ1v) is 13.4. The predicted molar refractivity (Wildman–Crippen MR) is 132 cm³/mol. The van der Waals surface area contributed by atoms with Gasteiger partial charge in [0.2, 0.25) is 15.9 Å². The Hall–Kier alpha value is -2.22. The molecule has 0 bridgehead atoms. The van der Waals surface area contributed by atoms with Crippen LogP contribution in [0.1, 0.15) is 45.1 Å². The van der Waals surface area contributed by atoms with Gasteiger partial charge in [0.05, 0.1) is 4.90 Å². The molecule has 0 heterocycles. The second-order valence-corrected chi connectivity index (χ2v) is 11.0. The molecule has 1 saturated carbocycles. The first kappa shape index (κ1) is 25.4. The first-order chi connectivity index (χ1) is 15.8. The predicted octanol–water partition coefficient (Wildman–Crippen LogP) is 3.80. The lowest BCUT2D eigenvalue weighted by Crippen LogP contribution is -2.41. The van der Waals surface area contributed by atoms with Crippen molar-refractivity contribution < 1.29 is 13.2 Å². The highest BCUT2D eigenvalue weighted by Crippen LogP contribution is 2.28. The molecule has 180 valence electrons. The van der Waals surface area contributed by atoms with Gasteiger partial charge >= 0.3 is 0 Å². The number of benzene rings is 2. The summed E-state index contributed by atoms with van der Waals surface area (Å²) in [5.74, 6) is 0.421. The van der Waals surface area contributed by atoms with Crippen molar-refractivity contribution in [3.05, 3.63) is 66.2 Å². The summed E-state index contributed by atoms with van der Waals surface area (Å²) in [6, 6.07) is 19.2. The summed E-state index contributed by atoms with van der Waals surface area (Å²) >= 11 is 0. The largest absolute Gasteiger partial charge is 0.355 e. The van der Waals surface area contributed by atoms with Gasteiger partial charge in [0.25, 0.3) is 0 Å². The highest BCUT2D eigenvalue weighted by molar-refractivity contribution is 7.89. The molecule has 0 radical (unpaired) electrons. The van der Waals surface area contributed by atoms with Crippen molar-refractivity contribution in [1.82, 2.24) is 14.9 Å². The van der Waals surface area contributed by atoms with Crippen LogP contribution in [0.5, 0.6) is 0 Å². The second-order valence-electron chi connectivity index (χ2n) is 9.22. The van der Waals surface area contributed by atoms with Gasteiger partial charge in [0.15, 0.2) is 0 Å². The smallest absolute Gasteiger partial charge is 0.240 e. The molecule has 7 heteroatoms. The molecule has 1 aliphatic rings. The number of nitrogens with zero attached hydrogens (tertiary/aromatic N) is 1. The van der Waals surface area contributed by atoms with Crippen molar-refractivity contribution in [3.8, 4) is 0 Å². The molecule has 1 amide bonds. The Morgan fingerprint density at radius 2 is 1.58 bits per heavy atom. The van der Waals surface area contributed by atoms with E-state index in [1.807, 2.05) is 6.07 Å². The molecule has 6 nitrogen and oxygen atoms in total. The van der Waals surface area contributed by atoms with Gasteiger partial charge in [-0.15, -0.1) is 0 Å². The Balaban J connectivity index is 1.37. The minimum absolute atomic E-state index is 0.0219. The second kappa shape index (κ2) is 12.3. The molecule has 2 aromatic rings. The van der Waals surface area contributed by atoms with E-state index in [0.717, 1.165) is 38.8 Å². The van der Waals surface area contributed by atoms with E-state index in [4.69, 9.17) is 0 Å². The van der Waals surface area contributed by atoms with E-state index >= 15 is 0 Å². The summed E-state index contributed by atoms with van der Waals surface area (Å²) in [6.45, 7) is 7.11. The average Bonchev–Trinajstić information content (AvgIpc) is 2.83. The van der Waals surface area contributed by atoms with Gasteiger partial charge in [-0.1, -0.05) is 48.5 Å². The van der Waals surface area contributed by atoms with E-state index in [-0.39, 0.29) is 17.7 Å². The fraction of sp³-hybridized carbons (Fsp3) is 0.500. The van der Waals surface area contributed by atoms with E-state index in [0.29, 0.717) is 24.0 Å². The fourth-order valence-electron chi connectivity index (χ4n) is 4.34. The third kappa shape index (κ3) is 7.95. The number of carbonyl (C=O) groups excluding carboxylic acids is 1. The lowest BCUT2D eigenvalue weighted by Gasteiger charge is -2.29. The Bertz CT molecular complexity index is 957. The zero-order valence-corrected chi connectivity index (χ0v) is 20.6. The molecule has 0 aromatic heterocycles. The summed E-state index contributed by atoms with van der Waals surface area (Å²) in [7, 11) is -3.47.